The summed E-state index contributed by atoms with van der Waals surface area (Å²) in [6.45, 7) is 8.53. The van der Waals surface area contributed by atoms with Crippen molar-refractivity contribution in [1.82, 2.24) is 9.80 Å². The highest BCUT2D eigenvalue weighted by atomic mass is 16.5. The summed E-state index contributed by atoms with van der Waals surface area (Å²) in [5, 5.41) is 0. The minimum Gasteiger partial charge on any atom is -0.364 e. The fraction of sp³-hybridized carbons (Fsp3) is 0.923. The number of rotatable bonds is 3. The highest BCUT2D eigenvalue weighted by Gasteiger charge is 2.35. The molecular weight excluding hydrogens is 230 g/mol. The van der Waals surface area contributed by atoms with Crippen molar-refractivity contribution < 1.29 is 9.53 Å². The van der Waals surface area contributed by atoms with E-state index in [-0.39, 0.29) is 18.1 Å². The Hall–Kier alpha value is -0.650. The summed E-state index contributed by atoms with van der Waals surface area (Å²) in [7, 11) is 0. The summed E-state index contributed by atoms with van der Waals surface area (Å²) in [6, 6.07) is 0.444. The molecule has 2 rings (SSSR count). The van der Waals surface area contributed by atoms with Crippen molar-refractivity contribution in [3.8, 4) is 0 Å². The molecule has 2 heterocycles. The molecule has 2 saturated heterocycles. The van der Waals surface area contributed by atoms with Gasteiger partial charge in [-0.25, -0.2) is 0 Å². The second-order valence-corrected chi connectivity index (χ2v) is 5.32. The molecule has 2 aliphatic heterocycles. The summed E-state index contributed by atoms with van der Waals surface area (Å²) >= 11 is 0. The predicted molar refractivity (Wildman–Crippen MR) is 70.2 cm³/mol. The second-order valence-electron chi connectivity index (χ2n) is 5.32. The van der Waals surface area contributed by atoms with E-state index in [1.165, 1.54) is 0 Å². The second kappa shape index (κ2) is 5.99. The fourth-order valence-corrected chi connectivity index (χ4v) is 2.93. The van der Waals surface area contributed by atoms with Gasteiger partial charge in [0.15, 0.2) is 0 Å². The van der Waals surface area contributed by atoms with Crippen LogP contribution in [0.4, 0.5) is 0 Å². The zero-order valence-corrected chi connectivity index (χ0v) is 11.5. The number of carbonyl (C=O) groups excluding carboxylic acids is 1. The maximum Gasteiger partial charge on any atom is 0.251 e. The zero-order chi connectivity index (χ0) is 13.1. The lowest BCUT2D eigenvalue weighted by Gasteiger charge is -2.40. The Morgan fingerprint density at radius 1 is 1.39 bits per heavy atom. The van der Waals surface area contributed by atoms with Crippen LogP contribution in [0.1, 0.15) is 26.7 Å². The Labute approximate surface area is 109 Å². The molecule has 0 aromatic rings. The molecule has 18 heavy (non-hydrogen) atoms. The first-order chi connectivity index (χ1) is 8.65. The molecule has 5 nitrogen and oxygen atoms in total. The Bertz CT molecular complexity index is 298. The van der Waals surface area contributed by atoms with Crippen LogP contribution in [0.15, 0.2) is 0 Å². The molecule has 3 unspecified atom stereocenters. The molecule has 0 aromatic carbocycles. The first-order valence-corrected chi connectivity index (χ1v) is 7.04. The topological polar surface area (TPSA) is 58.8 Å². The largest absolute Gasteiger partial charge is 0.364 e. The fourth-order valence-electron chi connectivity index (χ4n) is 2.93. The van der Waals surface area contributed by atoms with Gasteiger partial charge in [0.25, 0.3) is 5.91 Å². The number of amides is 1. The summed E-state index contributed by atoms with van der Waals surface area (Å²) in [6.07, 6.45) is 1.56. The minimum atomic E-state index is -0.251. The number of carbonyl (C=O) groups is 1. The van der Waals surface area contributed by atoms with Gasteiger partial charge in [0.1, 0.15) is 6.10 Å². The molecule has 0 aliphatic carbocycles. The monoisotopic (exact) mass is 255 g/mol. The standard InChI is InChI=1S/C13H25N3O2/c1-3-15-6-7-16(9-10(15)2)13(17)12-5-4-11(8-14)18-12/h10-12H,3-9,14H2,1-2H3. The van der Waals surface area contributed by atoms with E-state index in [1.54, 1.807) is 0 Å². The first kappa shape index (κ1) is 13.8. The average molecular weight is 255 g/mol. The molecule has 2 fully saturated rings. The van der Waals surface area contributed by atoms with Crippen LogP contribution in [0.5, 0.6) is 0 Å². The van der Waals surface area contributed by atoms with Gasteiger partial charge in [-0.1, -0.05) is 6.92 Å². The molecule has 0 radical (unpaired) electrons. The Kier molecular flexibility index (Phi) is 4.59. The third-order valence-electron chi connectivity index (χ3n) is 4.13. The van der Waals surface area contributed by atoms with Crippen LogP contribution in [0.3, 0.4) is 0 Å². The molecule has 5 heteroatoms. The van der Waals surface area contributed by atoms with Gasteiger partial charge in [-0.2, -0.15) is 0 Å². The van der Waals surface area contributed by atoms with E-state index >= 15 is 0 Å². The number of ether oxygens (including phenoxy) is 1. The summed E-state index contributed by atoms with van der Waals surface area (Å²) in [4.78, 5) is 16.7. The lowest BCUT2D eigenvalue weighted by Crippen LogP contribution is -2.55. The summed E-state index contributed by atoms with van der Waals surface area (Å²) in [5.41, 5.74) is 5.58. The van der Waals surface area contributed by atoms with Crippen molar-refractivity contribution in [2.75, 3.05) is 32.7 Å². The molecule has 2 aliphatic rings. The van der Waals surface area contributed by atoms with Crippen molar-refractivity contribution >= 4 is 5.91 Å². The molecule has 0 bridgehead atoms. The highest BCUT2D eigenvalue weighted by molar-refractivity contribution is 5.81. The Morgan fingerprint density at radius 3 is 2.72 bits per heavy atom. The van der Waals surface area contributed by atoms with Crippen LogP contribution < -0.4 is 5.73 Å². The van der Waals surface area contributed by atoms with E-state index < -0.39 is 0 Å². The number of hydrogen-bond donors (Lipinski definition) is 1. The quantitative estimate of drug-likeness (QED) is 0.774. The van der Waals surface area contributed by atoms with Crippen molar-refractivity contribution in [1.29, 1.82) is 0 Å². The van der Waals surface area contributed by atoms with E-state index in [0.717, 1.165) is 39.0 Å². The maximum absolute atomic E-state index is 12.3. The van der Waals surface area contributed by atoms with E-state index in [1.807, 2.05) is 4.90 Å². The van der Waals surface area contributed by atoms with Crippen LogP contribution in [0, 0.1) is 0 Å². The number of nitrogens with two attached hydrogens (primary N) is 1. The van der Waals surface area contributed by atoms with Crippen molar-refractivity contribution in [3.63, 3.8) is 0 Å². The van der Waals surface area contributed by atoms with Crippen LogP contribution in [-0.2, 0) is 9.53 Å². The average Bonchev–Trinajstić information content (AvgIpc) is 2.86. The predicted octanol–water partition coefficient (Wildman–Crippen LogP) is 0.0453. The number of likely N-dealkylation sites (N-methyl/N-ethyl adjacent to an activating group) is 1. The van der Waals surface area contributed by atoms with E-state index in [9.17, 15) is 4.79 Å². The third-order valence-corrected chi connectivity index (χ3v) is 4.13. The van der Waals surface area contributed by atoms with Gasteiger partial charge in [0, 0.05) is 32.2 Å². The zero-order valence-electron chi connectivity index (χ0n) is 11.5. The molecule has 1 amide bonds. The van der Waals surface area contributed by atoms with Crippen LogP contribution in [0.2, 0.25) is 0 Å². The van der Waals surface area contributed by atoms with Gasteiger partial charge < -0.3 is 15.4 Å². The Morgan fingerprint density at radius 2 is 2.17 bits per heavy atom. The van der Waals surface area contributed by atoms with Crippen molar-refractivity contribution in [2.24, 2.45) is 5.73 Å². The number of hydrogen-bond acceptors (Lipinski definition) is 4. The van der Waals surface area contributed by atoms with Gasteiger partial charge in [0.05, 0.1) is 6.10 Å². The minimum absolute atomic E-state index is 0.0771. The number of nitrogens with zero attached hydrogens (tertiary/aromatic N) is 2. The van der Waals surface area contributed by atoms with Crippen LogP contribution in [-0.4, -0.2) is 66.7 Å². The van der Waals surface area contributed by atoms with Gasteiger partial charge in [-0.15, -0.1) is 0 Å². The lowest BCUT2D eigenvalue weighted by atomic mass is 10.1. The number of piperazine rings is 1. The van der Waals surface area contributed by atoms with Crippen molar-refractivity contribution in [2.45, 2.75) is 44.9 Å². The molecule has 0 spiro atoms. The summed E-state index contributed by atoms with van der Waals surface area (Å²) < 4.78 is 5.68. The van der Waals surface area contributed by atoms with Crippen LogP contribution >= 0.6 is 0 Å². The van der Waals surface area contributed by atoms with Gasteiger partial charge >= 0.3 is 0 Å². The van der Waals surface area contributed by atoms with Crippen LogP contribution in [0.25, 0.3) is 0 Å². The molecule has 0 saturated carbocycles. The molecule has 104 valence electrons. The molecule has 2 N–H and O–H groups in total. The summed E-state index contributed by atoms with van der Waals surface area (Å²) in [5.74, 6) is 0.161. The van der Waals surface area contributed by atoms with Gasteiger partial charge in [-0.3, -0.25) is 9.69 Å². The Balaban J connectivity index is 1.87. The molecular formula is C13H25N3O2. The first-order valence-electron chi connectivity index (χ1n) is 7.04. The highest BCUT2D eigenvalue weighted by Crippen LogP contribution is 2.22. The lowest BCUT2D eigenvalue weighted by molar-refractivity contribution is -0.145. The van der Waals surface area contributed by atoms with E-state index in [2.05, 4.69) is 18.7 Å². The SMILES string of the molecule is CCN1CCN(C(=O)C2CCC(CN)O2)CC1C. The normalized spacial score (nSPS) is 33.9. The van der Waals surface area contributed by atoms with E-state index in [4.69, 9.17) is 10.5 Å². The molecule has 0 aromatic heterocycles. The van der Waals surface area contributed by atoms with E-state index in [0.29, 0.717) is 12.6 Å². The smallest absolute Gasteiger partial charge is 0.251 e. The third kappa shape index (κ3) is 2.84. The van der Waals surface area contributed by atoms with Crippen molar-refractivity contribution in [3.05, 3.63) is 0 Å². The maximum atomic E-state index is 12.3. The molecule has 3 atom stereocenters. The van der Waals surface area contributed by atoms with Gasteiger partial charge in [0.2, 0.25) is 0 Å². The van der Waals surface area contributed by atoms with Gasteiger partial charge in [-0.05, 0) is 26.3 Å².